The molecule has 0 aromatic heterocycles. The summed E-state index contributed by atoms with van der Waals surface area (Å²) in [5.74, 6) is -0.135. The van der Waals surface area contributed by atoms with Crippen LogP contribution in [-0.2, 0) is 14.8 Å². The minimum atomic E-state index is -3.86. The van der Waals surface area contributed by atoms with Gasteiger partial charge in [0, 0.05) is 0 Å². The summed E-state index contributed by atoms with van der Waals surface area (Å²) in [5.41, 5.74) is 1.97. The summed E-state index contributed by atoms with van der Waals surface area (Å²) in [6, 6.07) is 6.55. The van der Waals surface area contributed by atoms with E-state index < -0.39 is 19.2 Å². The third kappa shape index (κ3) is 3.73. The first-order valence-corrected chi connectivity index (χ1v) is 10.6. The zero-order valence-corrected chi connectivity index (χ0v) is 17.9. The smallest absolute Gasteiger partial charge is 0.282 e. The third-order valence-electron chi connectivity index (χ3n) is 3.94. The van der Waals surface area contributed by atoms with Crippen LogP contribution < -0.4 is 0 Å². The van der Waals surface area contributed by atoms with Crippen LogP contribution in [0.2, 0.25) is 0 Å². The van der Waals surface area contributed by atoms with Gasteiger partial charge in [-0.2, -0.15) is 12.8 Å². The van der Waals surface area contributed by atoms with E-state index in [1.807, 2.05) is 20.8 Å². The maximum absolute atomic E-state index is 12.7. The number of allylic oxidation sites excluding steroid dienone is 2. The van der Waals surface area contributed by atoms with Gasteiger partial charge < -0.3 is 0 Å². The molecular weight excluding hydrogens is 458 g/mol. The van der Waals surface area contributed by atoms with Crippen molar-refractivity contribution in [2.75, 3.05) is 0 Å². The lowest BCUT2D eigenvalue weighted by molar-refractivity contribution is -0.116. The highest BCUT2D eigenvalue weighted by Gasteiger charge is 2.45. The molecule has 1 aliphatic rings. The maximum Gasteiger partial charge on any atom is 0.282 e. The second kappa shape index (κ2) is 6.84. The minimum Gasteiger partial charge on any atom is -0.293 e. The van der Waals surface area contributed by atoms with Gasteiger partial charge in [0.15, 0.2) is 5.78 Å². The molecule has 0 amide bonds. The molecule has 0 fully saturated rings. The molecule has 130 valence electrons. The van der Waals surface area contributed by atoms with E-state index in [1.165, 1.54) is 18.2 Å². The van der Waals surface area contributed by atoms with Crippen LogP contribution in [0.5, 0.6) is 0 Å². The molecule has 1 aromatic rings. The predicted octanol–water partition coefficient (Wildman–Crippen LogP) is 4.21. The largest absolute Gasteiger partial charge is 0.293 e. The van der Waals surface area contributed by atoms with Gasteiger partial charge in [0.25, 0.3) is 10.0 Å². The number of hydrogen-bond acceptors (Lipinski definition) is 3. The molecule has 2 rings (SSSR count). The summed E-state index contributed by atoms with van der Waals surface area (Å²) in [4.78, 5) is 11.9. The third-order valence-corrected chi connectivity index (χ3v) is 8.06. The van der Waals surface area contributed by atoms with Crippen molar-refractivity contribution in [3.05, 3.63) is 41.5 Å². The fraction of sp³-hybridized carbons (Fsp3) is 0.412. The molecule has 2 unspecified atom stereocenters. The van der Waals surface area contributed by atoms with Crippen molar-refractivity contribution in [3.63, 3.8) is 0 Å². The topological polar surface area (TPSA) is 63.6 Å². The van der Waals surface area contributed by atoms with E-state index >= 15 is 0 Å². The number of alkyl halides is 2. The van der Waals surface area contributed by atoms with Crippen molar-refractivity contribution in [2.24, 2.45) is 10.3 Å². The lowest BCUT2D eigenvalue weighted by Gasteiger charge is -2.33. The Balaban J connectivity index is 2.61. The van der Waals surface area contributed by atoms with Crippen LogP contribution in [-0.4, -0.2) is 29.1 Å². The Morgan fingerprint density at radius 1 is 1.21 bits per heavy atom. The van der Waals surface area contributed by atoms with E-state index in [4.69, 9.17) is 0 Å². The Bertz CT molecular complexity index is 822. The van der Waals surface area contributed by atoms with Crippen molar-refractivity contribution in [3.8, 4) is 0 Å². The molecule has 2 atom stereocenters. The molecule has 0 spiro atoms. The van der Waals surface area contributed by atoms with Crippen LogP contribution in [0.15, 0.2) is 45.2 Å². The van der Waals surface area contributed by atoms with E-state index in [2.05, 4.69) is 36.3 Å². The molecule has 0 radical (unpaired) electrons. The van der Waals surface area contributed by atoms with E-state index in [1.54, 1.807) is 19.1 Å². The lowest BCUT2D eigenvalue weighted by Crippen LogP contribution is -2.46. The number of halogens is 2. The quantitative estimate of drug-likeness (QED) is 0.614. The average molecular weight is 477 g/mol. The number of carbonyl (C=O) groups is 1. The fourth-order valence-corrected chi connectivity index (χ4v) is 4.45. The van der Waals surface area contributed by atoms with Gasteiger partial charge in [-0.25, -0.2) is 0 Å². The zero-order chi connectivity index (χ0) is 18.3. The Morgan fingerprint density at radius 2 is 1.75 bits per heavy atom. The highest BCUT2D eigenvalue weighted by molar-refractivity contribution is 9.13. The fourth-order valence-electron chi connectivity index (χ4n) is 2.34. The Labute approximate surface area is 159 Å². The van der Waals surface area contributed by atoms with Crippen LogP contribution in [0.3, 0.4) is 0 Å². The van der Waals surface area contributed by atoms with E-state index in [0.717, 1.165) is 5.56 Å². The van der Waals surface area contributed by atoms with Crippen molar-refractivity contribution < 1.29 is 13.2 Å². The van der Waals surface area contributed by atoms with Gasteiger partial charge in [0.1, 0.15) is 4.32 Å². The first-order chi connectivity index (χ1) is 11.0. The lowest BCUT2D eigenvalue weighted by atomic mass is 9.83. The van der Waals surface area contributed by atoms with Crippen molar-refractivity contribution in [1.82, 2.24) is 0 Å². The number of aryl methyl sites for hydroxylation is 1. The molecule has 0 heterocycles. The maximum atomic E-state index is 12.7. The molecule has 4 nitrogen and oxygen atoms in total. The van der Waals surface area contributed by atoms with Crippen molar-refractivity contribution >= 4 is 53.4 Å². The van der Waals surface area contributed by atoms with Gasteiger partial charge in [-0.05, 0) is 43.5 Å². The molecule has 1 aliphatic carbocycles. The van der Waals surface area contributed by atoms with Gasteiger partial charge in [-0.15, -0.1) is 0 Å². The first-order valence-electron chi connectivity index (χ1n) is 7.47. The summed E-state index contributed by atoms with van der Waals surface area (Å²) in [6.45, 7) is 7.41. The van der Waals surface area contributed by atoms with Gasteiger partial charge in [-0.1, -0.05) is 63.4 Å². The molecule has 0 saturated carbocycles. The Kier molecular flexibility index (Phi) is 5.57. The summed E-state index contributed by atoms with van der Waals surface area (Å²) < 4.78 is 28.5. The van der Waals surface area contributed by atoms with Gasteiger partial charge in [0.05, 0.1) is 15.4 Å². The number of hydrogen-bond donors (Lipinski definition) is 0. The average Bonchev–Trinajstić information content (AvgIpc) is 2.48. The molecule has 7 heteroatoms. The molecule has 0 saturated heterocycles. The summed E-state index contributed by atoms with van der Waals surface area (Å²) in [7, 11) is -3.86. The molecule has 0 bridgehead atoms. The second-order valence-corrected chi connectivity index (χ2v) is 10.5. The van der Waals surface area contributed by atoms with Gasteiger partial charge in [0.2, 0.25) is 0 Å². The van der Waals surface area contributed by atoms with Gasteiger partial charge >= 0.3 is 0 Å². The summed E-state index contributed by atoms with van der Waals surface area (Å²) in [6.07, 6.45) is 1.49. The Morgan fingerprint density at radius 3 is 2.25 bits per heavy atom. The number of carbonyl (C=O) groups excluding carboxylic acids is 1. The van der Waals surface area contributed by atoms with Crippen LogP contribution in [0, 0.1) is 12.8 Å². The van der Waals surface area contributed by atoms with E-state index in [0.29, 0.717) is 11.3 Å². The van der Waals surface area contributed by atoms with Gasteiger partial charge in [-0.3, -0.25) is 4.79 Å². The van der Waals surface area contributed by atoms with E-state index in [-0.39, 0.29) is 16.6 Å². The number of sulfonamides is 1. The standard InChI is InChI=1S/C17H19Br2NO3S/c1-10(2)13-9-14(21)17(4,19)16(18)15(13)20-24(22,23)12-7-5-11(3)6-8-12/h5-10,16H,1-4H3. The minimum absolute atomic E-state index is 0.0235. The number of nitrogens with zero attached hydrogens (tertiary/aromatic N) is 1. The van der Waals surface area contributed by atoms with Crippen LogP contribution in [0.4, 0.5) is 0 Å². The highest BCUT2D eigenvalue weighted by Crippen LogP contribution is 2.38. The molecule has 1 aromatic carbocycles. The van der Waals surface area contributed by atoms with Crippen LogP contribution in [0.1, 0.15) is 26.3 Å². The van der Waals surface area contributed by atoms with Crippen LogP contribution in [0.25, 0.3) is 0 Å². The monoisotopic (exact) mass is 475 g/mol. The number of benzene rings is 1. The molecule has 0 N–H and O–H groups in total. The summed E-state index contributed by atoms with van der Waals surface area (Å²) in [5, 5.41) is 0. The first kappa shape index (κ1) is 19.5. The molecular formula is C17H19Br2NO3S. The number of ketones is 1. The molecule has 24 heavy (non-hydrogen) atoms. The summed E-state index contributed by atoms with van der Waals surface area (Å²) >= 11 is 6.86. The number of rotatable bonds is 3. The van der Waals surface area contributed by atoms with Crippen molar-refractivity contribution in [2.45, 2.75) is 41.7 Å². The second-order valence-electron chi connectivity index (χ2n) is 6.32. The molecule has 0 aliphatic heterocycles. The normalized spacial score (nSPS) is 26.8. The highest BCUT2D eigenvalue weighted by atomic mass is 79.9. The van der Waals surface area contributed by atoms with E-state index in [9.17, 15) is 13.2 Å². The predicted molar refractivity (Wildman–Crippen MR) is 104 cm³/mol. The zero-order valence-electron chi connectivity index (χ0n) is 13.9. The Hall–Kier alpha value is -0.790. The van der Waals surface area contributed by atoms with Crippen LogP contribution >= 0.6 is 31.9 Å². The SMILES string of the molecule is Cc1ccc(S(=O)(=O)N=C2C(C(C)C)=CC(=O)C(C)(Br)C2Br)cc1. The van der Waals surface area contributed by atoms with Crippen molar-refractivity contribution in [1.29, 1.82) is 0 Å².